The van der Waals surface area contributed by atoms with Gasteiger partial charge in [0, 0.05) is 5.69 Å². The number of phenols is 1. The first kappa shape index (κ1) is 9.51. The molecular weight excluding hydrogens is 194 g/mol. The molecule has 0 aromatic heterocycles. The number of rotatable bonds is 1. The molecule has 15 heavy (non-hydrogen) atoms. The van der Waals surface area contributed by atoms with Crippen LogP contribution in [0.2, 0.25) is 0 Å². The van der Waals surface area contributed by atoms with E-state index in [1.165, 1.54) is 0 Å². The zero-order valence-corrected chi connectivity index (χ0v) is 8.19. The molecule has 3 N–H and O–H groups in total. The summed E-state index contributed by atoms with van der Waals surface area (Å²) in [6, 6.07) is 6.18. The number of anilines is 1. The number of nitrogens with zero attached hydrogens (tertiary/aromatic N) is 1. The molecule has 1 amide bonds. The SMILES string of the molecule is CC1N=C(Nc2ccc(O)cc2)NC1=O. The highest BCUT2D eigenvalue weighted by Gasteiger charge is 2.21. The van der Waals surface area contributed by atoms with Crippen LogP contribution in [0.3, 0.4) is 0 Å². The van der Waals surface area contributed by atoms with E-state index in [1.807, 2.05) is 0 Å². The Hall–Kier alpha value is -2.04. The number of hydrogen-bond donors (Lipinski definition) is 3. The van der Waals surface area contributed by atoms with Gasteiger partial charge in [0.1, 0.15) is 11.8 Å². The van der Waals surface area contributed by atoms with Gasteiger partial charge in [-0.3, -0.25) is 10.1 Å². The molecule has 1 aromatic rings. The van der Waals surface area contributed by atoms with Crippen LogP contribution >= 0.6 is 0 Å². The molecule has 5 heteroatoms. The quantitative estimate of drug-likeness (QED) is 0.590. The van der Waals surface area contributed by atoms with Crippen molar-refractivity contribution in [2.75, 3.05) is 5.32 Å². The molecule has 1 atom stereocenters. The summed E-state index contributed by atoms with van der Waals surface area (Å²) in [7, 11) is 0. The van der Waals surface area contributed by atoms with E-state index in [1.54, 1.807) is 31.2 Å². The largest absolute Gasteiger partial charge is 0.508 e. The van der Waals surface area contributed by atoms with Crippen molar-refractivity contribution in [2.45, 2.75) is 13.0 Å². The Morgan fingerprint density at radius 2 is 2.07 bits per heavy atom. The van der Waals surface area contributed by atoms with Crippen molar-refractivity contribution < 1.29 is 9.90 Å². The molecule has 78 valence electrons. The van der Waals surface area contributed by atoms with Gasteiger partial charge in [0.15, 0.2) is 0 Å². The van der Waals surface area contributed by atoms with Crippen molar-refractivity contribution in [3.8, 4) is 5.75 Å². The van der Waals surface area contributed by atoms with E-state index in [2.05, 4.69) is 15.6 Å². The first-order chi connectivity index (χ1) is 7.15. The van der Waals surface area contributed by atoms with E-state index in [9.17, 15) is 4.79 Å². The summed E-state index contributed by atoms with van der Waals surface area (Å²) < 4.78 is 0. The number of amides is 1. The fourth-order valence-electron chi connectivity index (χ4n) is 1.25. The fraction of sp³-hybridized carbons (Fsp3) is 0.200. The van der Waals surface area contributed by atoms with Gasteiger partial charge in [0.25, 0.3) is 5.91 Å². The second kappa shape index (κ2) is 3.61. The Morgan fingerprint density at radius 3 is 2.60 bits per heavy atom. The van der Waals surface area contributed by atoms with Crippen molar-refractivity contribution in [3.63, 3.8) is 0 Å². The Bertz CT molecular complexity index is 411. The Labute approximate surface area is 86.8 Å². The number of nitrogens with one attached hydrogen (secondary N) is 2. The number of aliphatic imine (C=N–C) groups is 1. The molecule has 1 aromatic carbocycles. The molecule has 0 spiro atoms. The van der Waals surface area contributed by atoms with E-state index in [0.717, 1.165) is 5.69 Å². The lowest BCUT2D eigenvalue weighted by molar-refractivity contribution is -0.119. The van der Waals surface area contributed by atoms with Gasteiger partial charge in [-0.2, -0.15) is 0 Å². The standard InChI is InChI=1S/C10H11N3O2/c1-6-9(15)13-10(11-6)12-7-2-4-8(14)5-3-7/h2-6,14H,1H3,(H2,11,12,13,15). The van der Waals surface area contributed by atoms with Gasteiger partial charge < -0.3 is 10.4 Å². The van der Waals surface area contributed by atoms with Gasteiger partial charge in [0.05, 0.1) is 0 Å². The summed E-state index contributed by atoms with van der Waals surface area (Å²) in [6.07, 6.45) is 0. The topological polar surface area (TPSA) is 73.7 Å². The summed E-state index contributed by atoms with van der Waals surface area (Å²) >= 11 is 0. The first-order valence-electron chi connectivity index (χ1n) is 4.60. The van der Waals surface area contributed by atoms with Gasteiger partial charge in [-0.1, -0.05) is 0 Å². The van der Waals surface area contributed by atoms with E-state index < -0.39 is 0 Å². The first-order valence-corrected chi connectivity index (χ1v) is 4.60. The lowest BCUT2D eigenvalue weighted by Gasteiger charge is -2.04. The number of aromatic hydroxyl groups is 1. The Balaban J connectivity index is 2.07. The van der Waals surface area contributed by atoms with Crippen molar-refractivity contribution >= 4 is 17.6 Å². The number of hydrogen-bond acceptors (Lipinski definition) is 4. The minimum Gasteiger partial charge on any atom is -0.508 e. The van der Waals surface area contributed by atoms with Crippen molar-refractivity contribution in [1.29, 1.82) is 0 Å². The number of guanidine groups is 1. The third-order valence-electron chi connectivity index (χ3n) is 2.07. The smallest absolute Gasteiger partial charge is 0.251 e. The van der Waals surface area contributed by atoms with Gasteiger partial charge in [0.2, 0.25) is 5.96 Å². The predicted molar refractivity (Wildman–Crippen MR) is 56.8 cm³/mol. The monoisotopic (exact) mass is 205 g/mol. The van der Waals surface area contributed by atoms with E-state index in [-0.39, 0.29) is 17.7 Å². The van der Waals surface area contributed by atoms with Crippen molar-refractivity contribution in [3.05, 3.63) is 24.3 Å². The van der Waals surface area contributed by atoms with Crippen LogP contribution in [0.5, 0.6) is 5.75 Å². The van der Waals surface area contributed by atoms with Crippen LogP contribution in [0, 0.1) is 0 Å². The van der Waals surface area contributed by atoms with Gasteiger partial charge >= 0.3 is 0 Å². The number of benzene rings is 1. The van der Waals surface area contributed by atoms with Gasteiger partial charge in [-0.05, 0) is 31.2 Å². The number of phenolic OH excluding ortho intramolecular Hbond substituents is 1. The molecule has 0 saturated carbocycles. The maximum absolute atomic E-state index is 11.1. The highest BCUT2D eigenvalue weighted by Crippen LogP contribution is 2.14. The Morgan fingerprint density at radius 1 is 1.40 bits per heavy atom. The molecule has 1 heterocycles. The van der Waals surface area contributed by atoms with Crippen LogP contribution < -0.4 is 10.6 Å². The summed E-state index contributed by atoms with van der Waals surface area (Å²) in [4.78, 5) is 15.2. The fourth-order valence-corrected chi connectivity index (χ4v) is 1.25. The predicted octanol–water partition coefficient (Wildman–Crippen LogP) is 0.678. The Kier molecular flexibility index (Phi) is 2.29. The molecule has 0 radical (unpaired) electrons. The summed E-state index contributed by atoms with van der Waals surface area (Å²) in [5, 5.41) is 14.6. The molecule has 0 bridgehead atoms. The van der Waals surface area contributed by atoms with Crippen molar-refractivity contribution in [2.24, 2.45) is 4.99 Å². The number of carbonyl (C=O) groups is 1. The molecular formula is C10H11N3O2. The van der Waals surface area contributed by atoms with Crippen molar-refractivity contribution in [1.82, 2.24) is 5.32 Å². The summed E-state index contributed by atoms with van der Waals surface area (Å²) in [5.74, 6) is 0.529. The second-order valence-corrected chi connectivity index (χ2v) is 3.31. The minimum absolute atomic E-state index is 0.115. The van der Waals surface area contributed by atoms with Gasteiger partial charge in [-0.25, -0.2) is 4.99 Å². The summed E-state index contributed by atoms with van der Waals surface area (Å²) in [5.41, 5.74) is 0.765. The second-order valence-electron chi connectivity index (χ2n) is 3.31. The molecule has 2 rings (SSSR count). The lowest BCUT2D eigenvalue weighted by Crippen LogP contribution is -2.31. The van der Waals surface area contributed by atoms with Gasteiger partial charge in [-0.15, -0.1) is 0 Å². The molecule has 1 aliphatic heterocycles. The normalized spacial score (nSPS) is 19.7. The zero-order chi connectivity index (χ0) is 10.8. The van der Waals surface area contributed by atoms with Crippen LogP contribution in [0.15, 0.2) is 29.3 Å². The van der Waals surface area contributed by atoms with Crippen LogP contribution in [-0.2, 0) is 4.79 Å². The van der Waals surface area contributed by atoms with Crippen LogP contribution in [0.4, 0.5) is 5.69 Å². The minimum atomic E-state index is -0.343. The zero-order valence-electron chi connectivity index (χ0n) is 8.19. The maximum Gasteiger partial charge on any atom is 0.251 e. The lowest BCUT2D eigenvalue weighted by atomic mass is 10.3. The van der Waals surface area contributed by atoms with E-state index in [4.69, 9.17) is 5.11 Å². The average Bonchev–Trinajstić information content (AvgIpc) is 2.50. The maximum atomic E-state index is 11.1. The molecule has 1 unspecified atom stereocenters. The molecule has 0 saturated heterocycles. The summed E-state index contributed by atoms with van der Waals surface area (Å²) in [6.45, 7) is 1.72. The third-order valence-corrected chi connectivity index (χ3v) is 2.07. The highest BCUT2D eigenvalue weighted by molar-refractivity contribution is 6.10. The van der Waals surface area contributed by atoms with Crippen LogP contribution in [0.25, 0.3) is 0 Å². The molecule has 0 fully saturated rings. The highest BCUT2D eigenvalue weighted by atomic mass is 16.3. The van der Waals surface area contributed by atoms with E-state index >= 15 is 0 Å². The molecule has 1 aliphatic rings. The van der Waals surface area contributed by atoms with E-state index in [0.29, 0.717) is 5.96 Å². The average molecular weight is 205 g/mol. The van der Waals surface area contributed by atoms with Crippen LogP contribution in [-0.4, -0.2) is 23.0 Å². The molecule has 0 aliphatic carbocycles. The molecule has 5 nitrogen and oxygen atoms in total. The van der Waals surface area contributed by atoms with Crippen LogP contribution in [0.1, 0.15) is 6.92 Å². The third kappa shape index (κ3) is 2.07. The number of carbonyl (C=O) groups excluding carboxylic acids is 1.